The van der Waals surface area contributed by atoms with Crippen molar-refractivity contribution in [1.82, 2.24) is 34.4 Å². The number of aromatic nitrogens is 6. The lowest BCUT2D eigenvalue weighted by molar-refractivity contribution is -0.132. The molecule has 0 aliphatic carbocycles. The van der Waals surface area contributed by atoms with E-state index in [0.29, 0.717) is 42.1 Å². The van der Waals surface area contributed by atoms with Gasteiger partial charge in [-0.1, -0.05) is 12.1 Å². The van der Waals surface area contributed by atoms with Crippen molar-refractivity contribution in [2.24, 2.45) is 0 Å². The predicted octanol–water partition coefficient (Wildman–Crippen LogP) is 1.59. The van der Waals surface area contributed by atoms with Crippen molar-refractivity contribution < 1.29 is 9.53 Å². The molecule has 0 radical (unpaired) electrons. The van der Waals surface area contributed by atoms with Gasteiger partial charge in [0.15, 0.2) is 0 Å². The molecule has 0 bridgehead atoms. The first kappa shape index (κ1) is 21.6. The van der Waals surface area contributed by atoms with Crippen LogP contribution in [0.3, 0.4) is 0 Å². The summed E-state index contributed by atoms with van der Waals surface area (Å²) in [5.74, 6) is 0.926. The highest BCUT2D eigenvalue weighted by Gasteiger charge is 2.18. The summed E-state index contributed by atoms with van der Waals surface area (Å²) in [7, 11) is 1.59. The Balaban J connectivity index is 1.53. The average Bonchev–Trinajstić information content (AvgIpc) is 3.25. The molecule has 166 valence electrons. The van der Waals surface area contributed by atoms with Gasteiger partial charge in [0.25, 0.3) is 11.3 Å². The standard InChI is InChI=1S/C22H25N7O3/c1-14-16(15(2)29-22(25-14)23-13-24-29)8-9-20(30)28(10-11-32-3)12-19-26-18-7-5-4-6-17(18)21(31)27-19/h4-7,13H,8-12H2,1-3H3,(H,26,27,31). The number of hydrogen-bond donors (Lipinski definition) is 1. The smallest absolute Gasteiger partial charge is 0.258 e. The molecule has 1 N–H and O–H groups in total. The van der Waals surface area contributed by atoms with Gasteiger partial charge in [0.05, 0.1) is 24.1 Å². The first-order valence-corrected chi connectivity index (χ1v) is 10.4. The van der Waals surface area contributed by atoms with E-state index in [1.54, 1.807) is 34.7 Å². The highest BCUT2D eigenvalue weighted by Crippen LogP contribution is 2.16. The fraction of sp³-hybridized carbons (Fsp3) is 0.364. The fourth-order valence-corrected chi connectivity index (χ4v) is 3.79. The summed E-state index contributed by atoms with van der Waals surface area (Å²) in [6.07, 6.45) is 2.27. The number of nitrogens with zero attached hydrogens (tertiary/aromatic N) is 6. The highest BCUT2D eigenvalue weighted by atomic mass is 16.5. The second-order valence-corrected chi connectivity index (χ2v) is 7.57. The minimum atomic E-state index is -0.219. The van der Waals surface area contributed by atoms with Crippen molar-refractivity contribution >= 4 is 22.6 Å². The Bertz CT molecular complexity index is 1330. The number of nitrogens with one attached hydrogen (secondary N) is 1. The van der Waals surface area contributed by atoms with E-state index in [-0.39, 0.29) is 24.4 Å². The lowest BCUT2D eigenvalue weighted by Gasteiger charge is -2.22. The van der Waals surface area contributed by atoms with Crippen molar-refractivity contribution in [3.63, 3.8) is 0 Å². The maximum atomic E-state index is 13.1. The molecule has 10 nitrogen and oxygen atoms in total. The SMILES string of the molecule is COCCN(Cc1nc2ccccc2c(=O)[nH]1)C(=O)CCc1c(C)nc2ncnn2c1C. The van der Waals surface area contributed by atoms with Crippen LogP contribution in [-0.2, 0) is 22.5 Å². The van der Waals surface area contributed by atoms with Crippen molar-refractivity contribution in [3.8, 4) is 0 Å². The first-order chi connectivity index (χ1) is 15.5. The Morgan fingerprint density at radius 1 is 1.22 bits per heavy atom. The lowest BCUT2D eigenvalue weighted by atomic mass is 10.1. The van der Waals surface area contributed by atoms with Crippen molar-refractivity contribution in [2.75, 3.05) is 20.3 Å². The third-order valence-corrected chi connectivity index (χ3v) is 5.50. The van der Waals surface area contributed by atoms with Crippen molar-refractivity contribution in [3.05, 3.63) is 63.7 Å². The van der Waals surface area contributed by atoms with Gasteiger partial charge >= 0.3 is 0 Å². The molecular weight excluding hydrogens is 410 g/mol. The molecule has 0 saturated carbocycles. The van der Waals surface area contributed by atoms with Gasteiger partial charge in [-0.05, 0) is 38.0 Å². The topological polar surface area (TPSA) is 118 Å². The molecule has 0 atom stereocenters. The molecule has 0 aliphatic rings. The number of fused-ring (bicyclic) bond motifs is 2. The number of carbonyl (C=O) groups excluding carboxylic acids is 1. The second kappa shape index (κ2) is 9.23. The van der Waals surface area contributed by atoms with Crippen LogP contribution in [-0.4, -0.2) is 60.6 Å². The number of aromatic amines is 1. The number of benzene rings is 1. The summed E-state index contributed by atoms with van der Waals surface area (Å²) in [5.41, 5.74) is 3.11. The number of amides is 1. The van der Waals surface area contributed by atoms with Crippen LogP contribution in [0.1, 0.15) is 29.2 Å². The van der Waals surface area contributed by atoms with Crippen molar-refractivity contribution in [1.29, 1.82) is 0 Å². The van der Waals surface area contributed by atoms with Gasteiger partial charge in [-0.2, -0.15) is 10.1 Å². The van der Waals surface area contributed by atoms with Crippen LogP contribution in [0.2, 0.25) is 0 Å². The third kappa shape index (κ3) is 4.35. The summed E-state index contributed by atoms with van der Waals surface area (Å²) in [5, 5.41) is 4.72. The summed E-state index contributed by atoms with van der Waals surface area (Å²) < 4.78 is 6.86. The molecule has 4 rings (SSSR count). The van der Waals surface area contributed by atoms with E-state index >= 15 is 0 Å². The minimum Gasteiger partial charge on any atom is -0.383 e. The number of ether oxygens (including phenoxy) is 1. The second-order valence-electron chi connectivity index (χ2n) is 7.57. The number of carbonyl (C=O) groups is 1. The number of para-hydroxylation sites is 1. The molecule has 1 aromatic carbocycles. The van der Waals surface area contributed by atoms with Crippen LogP contribution < -0.4 is 5.56 Å². The summed E-state index contributed by atoms with van der Waals surface area (Å²) in [6, 6.07) is 7.14. The number of rotatable bonds is 8. The summed E-state index contributed by atoms with van der Waals surface area (Å²) in [4.78, 5) is 43.1. The van der Waals surface area contributed by atoms with Crippen LogP contribution in [0.25, 0.3) is 16.7 Å². The summed E-state index contributed by atoms with van der Waals surface area (Å²) in [6.45, 7) is 4.83. The molecule has 0 aliphatic heterocycles. The maximum absolute atomic E-state index is 13.1. The monoisotopic (exact) mass is 435 g/mol. The number of aryl methyl sites for hydroxylation is 2. The Labute approximate surface area is 184 Å². The zero-order valence-corrected chi connectivity index (χ0v) is 18.3. The molecule has 0 unspecified atom stereocenters. The largest absolute Gasteiger partial charge is 0.383 e. The molecule has 1 amide bonds. The molecule has 0 fully saturated rings. The average molecular weight is 435 g/mol. The van der Waals surface area contributed by atoms with E-state index in [1.165, 1.54) is 6.33 Å². The molecule has 3 heterocycles. The molecule has 3 aromatic heterocycles. The Kier molecular flexibility index (Phi) is 6.22. The number of methoxy groups -OCH3 is 1. The Morgan fingerprint density at radius 2 is 2.03 bits per heavy atom. The van der Waals surface area contributed by atoms with E-state index < -0.39 is 0 Å². The predicted molar refractivity (Wildman–Crippen MR) is 118 cm³/mol. The van der Waals surface area contributed by atoms with Crippen LogP contribution >= 0.6 is 0 Å². The molecule has 32 heavy (non-hydrogen) atoms. The quantitative estimate of drug-likeness (QED) is 0.446. The normalized spacial score (nSPS) is 11.3. The molecule has 10 heteroatoms. The molecule has 0 spiro atoms. The van der Waals surface area contributed by atoms with Crippen LogP contribution in [0, 0.1) is 13.8 Å². The Morgan fingerprint density at radius 3 is 2.84 bits per heavy atom. The molecule has 4 aromatic rings. The Hall–Kier alpha value is -3.66. The van der Waals surface area contributed by atoms with E-state index in [9.17, 15) is 9.59 Å². The molecular formula is C22H25N7O3. The maximum Gasteiger partial charge on any atom is 0.258 e. The number of H-pyrrole nitrogens is 1. The van der Waals surface area contributed by atoms with E-state index in [0.717, 1.165) is 17.0 Å². The van der Waals surface area contributed by atoms with Crippen LogP contribution in [0.5, 0.6) is 0 Å². The zero-order valence-electron chi connectivity index (χ0n) is 18.3. The summed E-state index contributed by atoms with van der Waals surface area (Å²) >= 11 is 0. The van der Waals surface area contributed by atoms with E-state index in [4.69, 9.17) is 4.74 Å². The minimum absolute atomic E-state index is 0.0599. The van der Waals surface area contributed by atoms with Crippen molar-refractivity contribution in [2.45, 2.75) is 33.2 Å². The number of hydrogen-bond acceptors (Lipinski definition) is 7. The van der Waals surface area contributed by atoms with E-state index in [1.807, 2.05) is 19.9 Å². The third-order valence-electron chi connectivity index (χ3n) is 5.50. The van der Waals surface area contributed by atoms with Crippen LogP contribution in [0.4, 0.5) is 0 Å². The molecule has 0 saturated heterocycles. The van der Waals surface area contributed by atoms with Gasteiger partial charge in [-0.25, -0.2) is 14.5 Å². The highest BCUT2D eigenvalue weighted by molar-refractivity contribution is 5.78. The van der Waals surface area contributed by atoms with Gasteiger partial charge in [-0.3, -0.25) is 9.59 Å². The van der Waals surface area contributed by atoms with Gasteiger partial charge in [0.1, 0.15) is 12.2 Å². The van der Waals surface area contributed by atoms with E-state index in [2.05, 4.69) is 25.0 Å². The van der Waals surface area contributed by atoms with Gasteiger partial charge in [0.2, 0.25) is 5.91 Å². The lowest BCUT2D eigenvalue weighted by Crippen LogP contribution is -2.35. The zero-order chi connectivity index (χ0) is 22.7. The first-order valence-electron chi connectivity index (χ1n) is 10.4. The fourth-order valence-electron chi connectivity index (χ4n) is 3.79. The van der Waals surface area contributed by atoms with Crippen LogP contribution in [0.15, 0.2) is 35.4 Å². The van der Waals surface area contributed by atoms with Gasteiger partial charge in [0, 0.05) is 31.5 Å². The van der Waals surface area contributed by atoms with Gasteiger partial charge < -0.3 is 14.6 Å². The van der Waals surface area contributed by atoms with Gasteiger partial charge in [-0.15, -0.1) is 0 Å².